The van der Waals surface area contributed by atoms with E-state index in [1.54, 1.807) is 23.2 Å². The van der Waals surface area contributed by atoms with Gasteiger partial charge in [-0.05, 0) is 80.5 Å². The van der Waals surface area contributed by atoms with Crippen molar-refractivity contribution in [2.75, 3.05) is 20.2 Å². The molecule has 7 nitrogen and oxygen atoms in total. The highest BCUT2D eigenvalue weighted by Gasteiger charge is 2.36. The standard InChI is InChI=1S/C14H14BrNO2.C9H9BrO2.C6H9NO/c1-3-16-7-6-12(14(16)18)13(17)11-5-4-10(15)8-9(11)2;1-6-5-7(10)3-4-8(6)9(11)12-2;1-2-7-5-3-4-6(7)8/h3-5,8,12H,1,6-7H2,2H3;3-5H,1-2H3;2H,1,3-5H2. The van der Waals surface area contributed by atoms with E-state index in [4.69, 9.17) is 0 Å². The number of methoxy groups -OCH3 is 1. The molecule has 1 atom stereocenters. The molecular formula is C29H32Br2N2O5. The van der Waals surface area contributed by atoms with Crippen LogP contribution < -0.4 is 0 Å². The van der Waals surface area contributed by atoms with Crippen molar-refractivity contribution in [1.29, 1.82) is 0 Å². The van der Waals surface area contributed by atoms with Crippen molar-refractivity contribution in [3.05, 3.63) is 93.2 Å². The minimum atomic E-state index is -0.553. The van der Waals surface area contributed by atoms with E-state index in [1.807, 2.05) is 38.1 Å². The molecule has 2 amide bonds. The zero-order chi connectivity index (χ0) is 28.4. The fourth-order valence-corrected chi connectivity index (χ4v) is 5.00. The average Bonchev–Trinajstić information content (AvgIpc) is 3.48. The first-order chi connectivity index (χ1) is 18.0. The molecule has 202 valence electrons. The van der Waals surface area contributed by atoms with Crippen LogP contribution in [0, 0.1) is 19.8 Å². The maximum atomic E-state index is 12.4. The second-order valence-electron chi connectivity index (χ2n) is 8.70. The summed E-state index contributed by atoms with van der Waals surface area (Å²) in [6.45, 7) is 12.3. The fourth-order valence-electron chi connectivity index (χ4n) is 4.05. The molecule has 2 fully saturated rings. The lowest BCUT2D eigenvalue weighted by Gasteiger charge is -2.11. The number of halogens is 2. The van der Waals surface area contributed by atoms with Gasteiger partial charge < -0.3 is 14.5 Å². The summed E-state index contributed by atoms with van der Waals surface area (Å²) in [5.74, 6) is -0.866. The van der Waals surface area contributed by atoms with Crippen LogP contribution in [0.4, 0.5) is 0 Å². The summed E-state index contributed by atoms with van der Waals surface area (Å²) >= 11 is 6.68. The predicted octanol–water partition coefficient (Wildman–Crippen LogP) is 6.23. The molecule has 2 aliphatic heterocycles. The van der Waals surface area contributed by atoms with Crippen LogP contribution in [-0.4, -0.2) is 53.6 Å². The first kappa shape index (κ1) is 31.2. The Bertz CT molecular complexity index is 1230. The number of amides is 2. The van der Waals surface area contributed by atoms with E-state index in [1.165, 1.54) is 18.2 Å². The van der Waals surface area contributed by atoms with E-state index in [0.717, 1.165) is 33.0 Å². The Labute approximate surface area is 240 Å². The van der Waals surface area contributed by atoms with Gasteiger partial charge in [-0.2, -0.15) is 0 Å². The number of ketones is 1. The lowest BCUT2D eigenvalue weighted by Crippen LogP contribution is -2.26. The van der Waals surface area contributed by atoms with Crippen molar-refractivity contribution in [1.82, 2.24) is 9.80 Å². The Balaban J connectivity index is 0.000000218. The molecule has 0 aromatic heterocycles. The second kappa shape index (κ2) is 14.8. The Morgan fingerprint density at radius 3 is 1.87 bits per heavy atom. The zero-order valence-corrected chi connectivity index (χ0v) is 25.0. The quantitative estimate of drug-likeness (QED) is 0.218. The number of esters is 1. The number of carbonyl (C=O) groups excluding carboxylic acids is 4. The highest BCUT2D eigenvalue weighted by molar-refractivity contribution is 9.10. The van der Waals surface area contributed by atoms with Crippen LogP contribution in [0.15, 0.2) is 70.9 Å². The van der Waals surface area contributed by atoms with Gasteiger partial charge in [-0.25, -0.2) is 4.79 Å². The third kappa shape index (κ3) is 8.23. The Morgan fingerprint density at radius 2 is 1.47 bits per heavy atom. The van der Waals surface area contributed by atoms with Crippen molar-refractivity contribution in [3.8, 4) is 0 Å². The van der Waals surface area contributed by atoms with E-state index in [2.05, 4.69) is 49.8 Å². The highest BCUT2D eigenvalue weighted by Crippen LogP contribution is 2.25. The third-order valence-electron chi connectivity index (χ3n) is 6.15. The van der Waals surface area contributed by atoms with Gasteiger partial charge in [0.25, 0.3) is 0 Å². The summed E-state index contributed by atoms with van der Waals surface area (Å²) in [6.07, 6.45) is 5.34. The van der Waals surface area contributed by atoms with Crippen LogP contribution in [0.5, 0.6) is 0 Å². The summed E-state index contributed by atoms with van der Waals surface area (Å²) in [6, 6.07) is 10.9. The van der Waals surface area contributed by atoms with E-state index in [-0.39, 0.29) is 23.6 Å². The number of aryl methyl sites for hydroxylation is 2. The molecule has 2 aliphatic rings. The van der Waals surface area contributed by atoms with Crippen LogP contribution in [0.2, 0.25) is 0 Å². The molecule has 0 saturated carbocycles. The van der Waals surface area contributed by atoms with Crippen molar-refractivity contribution in [3.63, 3.8) is 0 Å². The number of likely N-dealkylation sites (tertiary alicyclic amines) is 2. The second-order valence-corrected chi connectivity index (χ2v) is 10.5. The summed E-state index contributed by atoms with van der Waals surface area (Å²) in [5.41, 5.74) is 3.04. The van der Waals surface area contributed by atoms with E-state index in [9.17, 15) is 19.2 Å². The van der Waals surface area contributed by atoms with Gasteiger partial charge >= 0.3 is 5.97 Å². The van der Waals surface area contributed by atoms with Gasteiger partial charge in [-0.1, -0.05) is 51.1 Å². The largest absolute Gasteiger partial charge is 0.465 e. The minimum absolute atomic E-state index is 0.0886. The summed E-state index contributed by atoms with van der Waals surface area (Å²) in [7, 11) is 1.38. The first-order valence-corrected chi connectivity index (χ1v) is 13.6. The van der Waals surface area contributed by atoms with Crippen LogP contribution in [0.3, 0.4) is 0 Å². The van der Waals surface area contributed by atoms with Crippen LogP contribution in [0.25, 0.3) is 0 Å². The van der Waals surface area contributed by atoms with Crippen LogP contribution in [-0.2, 0) is 14.3 Å². The lowest BCUT2D eigenvalue weighted by molar-refractivity contribution is -0.127. The van der Waals surface area contributed by atoms with Crippen molar-refractivity contribution >= 4 is 55.4 Å². The molecular weight excluding hydrogens is 616 g/mol. The van der Waals surface area contributed by atoms with Crippen LogP contribution in [0.1, 0.15) is 51.1 Å². The maximum absolute atomic E-state index is 12.4. The summed E-state index contributed by atoms with van der Waals surface area (Å²) in [5, 5.41) is 0. The molecule has 2 aromatic rings. The smallest absolute Gasteiger partial charge is 0.338 e. The maximum Gasteiger partial charge on any atom is 0.338 e. The Morgan fingerprint density at radius 1 is 0.921 bits per heavy atom. The normalized spacial score (nSPS) is 16.2. The van der Waals surface area contributed by atoms with Gasteiger partial charge in [-0.15, -0.1) is 0 Å². The van der Waals surface area contributed by atoms with Gasteiger partial charge in [-0.3, -0.25) is 14.4 Å². The van der Waals surface area contributed by atoms with Gasteiger partial charge in [0.1, 0.15) is 5.92 Å². The topological polar surface area (TPSA) is 84.0 Å². The average molecular weight is 648 g/mol. The van der Waals surface area contributed by atoms with Crippen LogP contribution >= 0.6 is 31.9 Å². The SMILES string of the molecule is C=CN1CCC(C(=O)c2ccc(Br)cc2C)C1=O.C=CN1CCCC1=O.COC(=O)c1ccc(Br)cc1C. The van der Waals surface area contributed by atoms with Crippen molar-refractivity contribution in [2.24, 2.45) is 5.92 Å². The number of hydrogen-bond donors (Lipinski definition) is 0. The molecule has 9 heteroatoms. The number of Topliss-reactive ketones (excluding diaryl/α,β-unsaturated/α-hetero) is 1. The first-order valence-electron chi connectivity index (χ1n) is 12.0. The molecule has 1 unspecified atom stereocenters. The minimum Gasteiger partial charge on any atom is -0.465 e. The lowest BCUT2D eigenvalue weighted by atomic mass is 9.93. The molecule has 0 bridgehead atoms. The molecule has 0 N–H and O–H groups in total. The number of carbonyl (C=O) groups is 4. The van der Waals surface area contributed by atoms with Gasteiger partial charge in [0, 0.05) is 34.0 Å². The number of hydrogen-bond acceptors (Lipinski definition) is 5. The number of benzene rings is 2. The molecule has 0 radical (unpaired) electrons. The molecule has 4 rings (SSSR count). The van der Waals surface area contributed by atoms with Gasteiger partial charge in [0.2, 0.25) is 11.8 Å². The third-order valence-corrected chi connectivity index (χ3v) is 7.14. The number of ether oxygens (including phenoxy) is 1. The predicted molar refractivity (Wildman–Crippen MR) is 155 cm³/mol. The molecule has 0 aliphatic carbocycles. The monoisotopic (exact) mass is 646 g/mol. The molecule has 0 spiro atoms. The molecule has 2 heterocycles. The Hall–Kier alpha value is -3.04. The van der Waals surface area contributed by atoms with E-state index in [0.29, 0.717) is 30.5 Å². The molecule has 2 aromatic carbocycles. The Kier molecular flexibility index (Phi) is 12.1. The fraction of sp³-hybridized carbons (Fsp3) is 0.310. The van der Waals surface area contributed by atoms with E-state index < -0.39 is 5.92 Å². The van der Waals surface area contributed by atoms with Crippen molar-refractivity contribution in [2.45, 2.75) is 33.1 Å². The van der Waals surface area contributed by atoms with Gasteiger partial charge in [0.05, 0.1) is 12.7 Å². The molecule has 38 heavy (non-hydrogen) atoms. The van der Waals surface area contributed by atoms with Gasteiger partial charge in [0.15, 0.2) is 5.78 Å². The molecule has 2 saturated heterocycles. The number of rotatable bonds is 5. The number of nitrogens with zero attached hydrogens (tertiary/aromatic N) is 2. The summed E-state index contributed by atoms with van der Waals surface area (Å²) in [4.78, 5) is 49.2. The van der Waals surface area contributed by atoms with E-state index >= 15 is 0 Å². The summed E-state index contributed by atoms with van der Waals surface area (Å²) < 4.78 is 6.50. The zero-order valence-electron chi connectivity index (χ0n) is 21.8. The van der Waals surface area contributed by atoms with Crippen molar-refractivity contribution < 1.29 is 23.9 Å². The highest BCUT2D eigenvalue weighted by atomic mass is 79.9.